The monoisotopic (exact) mass is 73.1 g/mol. The van der Waals surface area contributed by atoms with Gasteiger partial charge in [0.1, 0.15) is 0 Å². The Balaban J connectivity index is 0.000000250. The summed E-state index contributed by atoms with van der Waals surface area (Å²) in [5.74, 6) is 2.07. The molecular weight excluding hydrogens is 67.8 g/mol. The van der Waals surface area contributed by atoms with Crippen LogP contribution < -0.4 is 18.9 Å². The molecule has 0 aromatic rings. The van der Waals surface area contributed by atoms with Crippen LogP contribution in [0.1, 0.15) is 6.42 Å². The van der Waals surface area contributed by atoms with Crippen LogP contribution in [-0.4, -0.2) is 19.6 Å². The number of hydrogen-bond acceptors (Lipinski definition) is 0. The SMILES string of the molecule is B1=CCC[N-]1.[Li+]. The molecule has 1 nitrogen and oxygen atoms in total. The first-order valence-corrected chi connectivity index (χ1v) is 1.82. The fraction of sp³-hybridized carbons (Fsp3) is 0.667. The van der Waals surface area contributed by atoms with Crippen molar-refractivity contribution in [1.82, 2.24) is 0 Å². The summed E-state index contributed by atoms with van der Waals surface area (Å²) in [4.78, 5) is 0. The second kappa shape index (κ2) is 3.52. The molecule has 0 aromatic heterocycles. The molecule has 0 atom stereocenters. The molecule has 0 unspecified atom stereocenters. The Kier molecular flexibility index (Phi) is 3.71. The summed E-state index contributed by atoms with van der Waals surface area (Å²) in [5, 5.41) is 3.90. The second-order valence-electron chi connectivity index (χ2n) is 1.08. The summed E-state index contributed by atoms with van der Waals surface area (Å²) in [6, 6.07) is 0. The standard InChI is InChI=1S/C3H5BN.Li/c1-2-4-5-3-1;/h2H,1,3H2;/q-1;+1. The molecule has 0 N–H and O–H groups in total. The average molecular weight is 72.8 g/mol. The van der Waals surface area contributed by atoms with E-state index in [4.69, 9.17) is 0 Å². The first kappa shape index (κ1) is 6.33. The van der Waals surface area contributed by atoms with Crippen LogP contribution in [0.25, 0.3) is 5.23 Å². The molecular formula is C3H5BLiN. The van der Waals surface area contributed by atoms with Crippen molar-refractivity contribution in [2.45, 2.75) is 6.42 Å². The van der Waals surface area contributed by atoms with Gasteiger partial charge in [0.2, 0.25) is 0 Å². The number of nitrogens with zero attached hydrogens (tertiary/aromatic N) is 1. The van der Waals surface area contributed by atoms with E-state index in [0.29, 0.717) is 0 Å². The van der Waals surface area contributed by atoms with Gasteiger partial charge in [-0.3, -0.25) is 0 Å². The maximum absolute atomic E-state index is 3.90. The van der Waals surface area contributed by atoms with E-state index < -0.39 is 0 Å². The molecule has 0 fully saturated rings. The Morgan fingerprint density at radius 2 is 2.50 bits per heavy atom. The van der Waals surface area contributed by atoms with Crippen molar-refractivity contribution in [3.05, 3.63) is 5.23 Å². The van der Waals surface area contributed by atoms with Crippen molar-refractivity contribution in [3.63, 3.8) is 0 Å². The molecule has 26 valence electrons. The molecule has 0 amide bonds. The Labute approximate surface area is 50.6 Å². The molecule has 0 spiro atoms. The van der Waals surface area contributed by atoms with Crippen LogP contribution in [0.5, 0.6) is 0 Å². The number of hydrogen-bond donors (Lipinski definition) is 0. The van der Waals surface area contributed by atoms with Gasteiger partial charge in [-0.25, -0.2) is 0 Å². The molecule has 1 heterocycles. The van der Waals surface area contributed by atoms with Crippen molar-refractivity contribution in [2.24, 2.45) is 0 Å². The minimum atomic E-state index is 0. The molecule has 1 aliphatic heterocycles. The Morgan fingerprint density at radius 1 is 1.67 bits per heavy atom. The predicted octanol–water partition coefficient (Wildman–Crippen LogP) is -2.81. The second-order valence-corrected chi connectivity index (χ2v) is 1.08. The molecule has 1 rings (SSSR count). The normalized spacial score (nSPS) is 14.7. The molecule has 0 bridgehead atoms. The van der Waals surface area contributed by atoms with E-state index in [1.165, 1.54) is 0 Å². The van der Waals surface area contributed by atoms with Gasteiger partial charge in [-0.2, -0.15) is 0 Å². The summed E-state index contributed by atoms with van der Waals surface area (Å²) >= 11 is 0. The van der Waals surface area contributed by atoms with Crippen molar-refractivity contribution >= 4 is 13.0 Å². The van der Waals surface area contributed by atoms with E-state index in [-0.39, 0.29) is 18.9 Å². The van der Waals surface area contributed by atoms with Gasteiger partial charge in [-0.05, 0) is 0 Å². The van der Waals surface area contributed by atoms with E-state index in [9.17, 15) is 0 Å². The molecule has 0 saturated heterocycles. The Bertz CT molecular complexity index is 48.8. The van der Waals surface area contributed by atoms with E-state index in [1.54, 1.807) is 0 Å². The quantitative estimate of drug-likeness (QED) is 0.275. The zero-order valence-corrected chi connectivity index (χ0v) is 4.02. The van der Waals surface area contributed by atoms with Crippen molar-refractivity contribution in [2.75, 3.05) is 6.54 Å². The van der Waals surface area contributed by atoms with E-state index in [0.717, 1.165) is 13.0 Å². The first-order chi connectivity index (χ1) is 2.50. The predicted molar refractivity (Wildman–Crippen MR) is 24.7 cm³/mol. The summed E-state index contributed by atoms with van der Waals surface area (Å²) < 4.78 is 0. The van der Waals surface area contributed by atoms with Gasteiger partial charge in [0, 0.05) is 0 Å². The summed E-state index contributed by atoms with van der Waals surface area (Å²) in [5.41, 5.74) is 0. The maximum atomic E-state index is 3.90. The van der Waals surface area contributed by atoms with Gasteiger partial charge in [0.05, 0.1) is 0 Å². The summed E-state index contributed by atoms with van der Waals surface area (Å²) in [7, 11) is 1.86. The van der Waals surface area contributed by atoms with Crippen molar-refractivity contribution in [1.29, 1.82) is 0 Å². The number of rotatable bonds is 0. The zero-order chi connectivity index (χ0) is 3.54. The van der Waals surface area contributed by atoms with Gasteiger partial charge in [0.25, 0.3) is 0 Å². The van der Waals surface area contributed by atoms with Crippen molar-refractivity contribution in [3.8, 4) is 0 Å². The summed E-state index contributed by atoms with van der Waals surface area (Å²) in [6.07, 6.45) is 1.15. The van der Waals surface area contributed by atoms with Gasteiger partial charge >= 0.3 is 50.1 Å². The molecule has 1 aliphatic rings. The zero-order valence-electron chi connectivity index (χ0n) is 4.02. The van der Waals surface area contributed by atoms with Crippen LogP contribution in [0.3, 0.4) is 0 Å². The Hall–Kier alpha value is 0.332. The molecule has 0 aliphatic carbocycles. The van der Waals surface area contributed by atoms with Crippen LogP contribution >= 0.6 is 0 Å². The third-order valence-corrected chi connectivity index (χ3v) is 0.636. The van der Waals surface area contributed by atoms with Gasteiger partial charge in [-0.1, -0.05) is 0 Å². The molecule has 0 radical (unpaired) electrons. The van der Waals surface area contributed by atoms with Crippen LogP contribution in [0, 0.1) is 0 Å². The van der Waals surface area contributed by atoms with Crippen LogP contribution in [-0.2, 0) is 0 Å². The largest absolute Gasteiger partial charge is 1.00 e. The first-order valence-electron chi connectivity index (χ1n) is 1.82. The minimum absolute atomic E-state index is 0. The van der Waals surface area contributed by atoms with Crippen LogP contribution in [0.15, 0.2) is 0 Å². The smallest absolute Gasteiger partial charge is 1.00 e. The topological polar surface area (TPSA) is 14.1 Å². The third-order valence-electron chi connectivity index (χ3n) is 0.636. The van der Waals surface area contributed by atoms with E-state index >= 15 is 0 Å². The van der Waals surface area contributed by atoms with E-state index in [1.807, 2.05) is 7.06 Å². The van der Waals surface area contributed by atoms with Crippen LogP contribution in [0.2, 0.25) is 0 Å². The van der Waals surface area contributed by atoms with E-state index in [2.05, 4.69) is 11.2 Å². The van der Waals surface area contributed by atoms with Gasteiger partial charge in [-0.15, -0.1) is 0 Å². The Morgan fingerprint density at radius 3 is 2.67 bits per heavy atom. The molecule has 3 heteroatoms. The molecule has 0 saturated carbocycles. The third kappa shape index (κ3) is 1.69. The average Bonchev–Trinajstić information content (AvgIpc) is 1.76. The molecule has 0 aromatic carbocycles. The van der Waals surface area contributed by atoms with Gasteiger partial charge in [0.15, 0.2) is 0 Å². The van der Waals surface area contributed by atoms with Crippen LogP contribution in [0.4, 0.5) is 0 Å². The summed E-state index contributed by atoms with van der Waals surface area (Å²) in [6.45, 7) is 1.01. The van der Waals surface area contributed by atoms with Crippen molar-refractivity contribution < 1.29 is 18.9 Å². The fourth-order valence-corrected chi connectivity index (χ4v) is 0.373. The maximum Gasteiger partial charge on any atom is 1.00 e. The van der Waals surface area contributed by atoms with Gasteiger partial charge < -0.3 is 0 Å². The minimum Gasteiger partial charge on any atom is 1.00 e. The fourth-order valence-electron chi connectivity index (χ4n) is 0.373. The molecule has 6 heavy (non-hydrogen) atoms.